The van der Waals surface area contributed by atoms with Crippen LogP contribution in [0.25, 0.3) is 0 Å². The standard InChI is InChI=1S/C11H24N2S/c1-11(12)5-10-14-9-4-8-13-6-2-3-7-13/h11H,2-10,12H2,1H3. The van der Waals surface area contributed by atoms with E-state index >= 15 is 0 Å². The van der Waals surface area contributed by atoms with Gasteiger partial charge in [-0.15, -0.1) is 0 Å². The van der Waals surface area contributed by atoms with Crippen molar-refractivity contribution in [3.63, 3.8) is 0 Å². The molecule has 0 bridgehead atoms. The third-order valence-electron chi connectivity index (χ3n) is 2.68. The molecule has 2 N–H and O–H groups in total. The van der Waals surface area contributed by atoms with Crippen molar-refractivity contribution in [1.82, 2.24) is 4.90 Å². The van der Waals surface area contributed by atoms with E-state index in [-0.39, 0.29) is 0 Å². The zero-order chi connectivity index (χ0) is 10.2. The number of thioether (sulfide) groups is 1. The quantitative estimate of drug-likeness (QED) is 0.660. The number of hydrogen-bond acceptors (Lipinski definition) is 3. The van der Waals surface area contributed by atoms with E-state index in [1.165, 1.54) is 50.4 Å². The molecule has 84 valence electrons. The van der Waals surface area contributed by atoms with Gasteiger partial charge >= 0.3 is 0 Å². The molecule has 1 heterocycles. The first-order valence-electron chi connectivity index (χ1n) is 5.84. The molecule has 1 rings (SSSR count). The zero-order valence-corrected chi connectivity index (χ0v) is 10.2. The molecule has 1 saturated heterocycles. The second-order valence-electron chi connectivity index (χ2n) is 4.28. The van der Waals surface area contributed by atoms with Crippen molar-refractivity contribution in [2.45, 2.75) is 38.6 Å². The minimum absolute atomic E-state index is 0.376. The topological polar surface area (TPSA) is 29.3 Å². The number of rotatable bonds is 7. The van der Waals surface area contributed by atoms with E-state index in [0.29, 0.717) is 6.04 Å². The minimum atomic E-state index is 0.376. The monoisotopic (exact) mass is 216 g/mol. The lowest BCUT2D eigenvalue weighted by Crippen LogP contribution is -2.20. The van der Waals surface area contributed by atoms with E-state index in [1.807, 2.05) is 0 Å². The Balaban J connectivity index is 1.79. The van der Waals surface area contributed by atoms with Gasteiger partial charge < -0.3 is 10.6 Å². The average Bonchev–Trinajstić information content (AvgIpc) is 2.63. The van der Waals surface area contributed by atoms with Gasteiger partial charge in [0, 0.05) is 6.04 Å². The van der Waals surface area contributed by atoms with Crippen LogP contribution in [0.4, 0.5) is 0 Å². The summed E-state index contributed by atoms with van der Waals surface area (Å²) in [4.78, 5) is 2.59. The first-order valence-corrected chi connectivity index (χ1v) is 7.00. The number of nitrogens with zero attached hydrogens (tertiary/aromatic N) is 1. The number of hydrogen-bond donors (Lipinski definition) is 1. The average molecular weight is 216 g/mol. The van der Waals surface area contributed by atoms with Crippen LogP contribution in [0.1, 0.15) is 32.6 Å². The normalized spacial score (nSPS) is 20.1. The third kappa shape index (κ3) is 5.89. The van der Waals surface area contributed by atoms with Crippen LogP contribution in [0.15, 0.2) is 0 Å². The van der Waals surface area contributed by atoms with Crippen LogP contribution < -0.4 is 5.73 Å². The zero-order valence-electron chi connectivity index (χ0n) is 9.37. The lowest BCUT2D eigenvalue weighted by molar-refractivity contribution is 0.341. The highest BCUT2D eigenvalue weighted by molar-refractivity contribution is 7.99. The van der Waals surface area contributed by atoms with Gasteiger partial charge in [-0.05, 0) is 63.7 Å². The molecule has 0 aliphatic carbocycles. The van der Waals surface area contributed by atoms with E-state index in [0.717, 1.165) is 6.42 Å². The molecule has 1 aliphatic rings. The maximum Gasteiger partial charge on any atom is 0.00183 e. The molecule has 0 saturated carbocycles. The van der Waals surface area contributed by atoms with Crippen LogP contribution in [-0.2, 0) is 0 Å². The summed E-state index contributed by atoms with van der Waals surface area (Å²) in [6.07, 6.45) is 5.34. The molecule has 3 heteroatoms. The first-order chi connectivity index (χ1) is 6.79. The van der Waals surface area contributed by atoms with Gasteiger partial charge in [-0.2, -0.15) is 11.8 Å². The minimum Gasteiger partial charge on any atom is -0.328 e. The molecule has 1 fully saturated rings. The molecular weight excluding hydrogens is 192 g/mol. The van der Waals surface area contributed by atoms with Crippen molar-refractivity contribution < 1.29 is 0 Å². The molecule has 0 aromatic heterocycles. The second-order valence-corrected chi connectivity index (χ2v) is 5.51. The van der Waals surface area contributed by atoms with E-state index in [2.05, 4.69) is 23.6 Å². The Bertz CT molecular complexity index is 133. The molecule has 0 aromatic carbocycles. The highest BCUT2D eigenvalue weighted by Gasteiger charge is 2.09. The fourth-order valence-electron chi connectivity index (χ4n) is 1.77. The van der Waals surface area contributed by atoms with Crippen LogP contribution in [0, 0.1) is 0 Å². The fourth-order valence-corrected chi connectivity index (χ4v) is 2.84. The van der Waals surface area contributed by atoms with Gasteiger partial charge in [0.05, 0.1) is 0 Å². The van der Waals surface area contributed by atoms with Crippen molar-refractivity contribution in [2.75, 3.05) is 31.1 Å². The maximum atomic E-state index is 5.69. The summed E-state index contributed by atoms with van der Waals surface area (Å²) in [7, 11) is 0. The Morgan fingerprint density at radius 2 is 2.00 bits per heavy atom. The molecule has 14 heavy (non-hydrogen) atoms. The molecule has 1 unspecified atom stereocenters. The lowest BCUT2D eigenvalue weighted by Gasteiger charge is -2.13. The molecule has 1 atom stereocenters. The fraction of sp³-hybridized carbons (Fsp3) is 1.00. The smallest absolute Gasteiger partial charge is 0.00183 e. The van der Waals surface area contributed by atoms with Crippen molar-refractivity contribution in [3.05, 3.63) is 0 Å². The van der Waals surface area contributed by atoms with Crippen LogP contribution in [0.2, 0.25) is 0 Å². The molecule has 0 amide bonds. The van der Waals surface area contributed by atoms with Gasteiger partial charge in [-0.1, -0.05) is 0 Å². The highest BCUT2D eigenvalue weighted by Crippen LogP contribution is 2.10. The first kappa shape index (κ1) is 12.3. The van der Waals surface area contributed by atoms with Crippen LogP contribution in [-0.4, -0.2) is 42.1 Å². The highest BCUT2D eigenvalue weighted by atomic mass is 32.2. The summed E-state index contributed by atoms with van der Waals surface area (Å²) >= 11 is 2.06. The molecule has 0 spiro atoms. The van der Waals surface area contributed by atoms with Gasteiger partial charge in [0.2, 0.25) is 0 Å². The van der Waals surface area contributed by atoms with Crippen molar-refractivity contribution in [2.24, 2.45) is 5.73 Å². The Kier molecular flexibility index (Phi) is 6.65. The van der Waals surface area contributed by atoms with Gasteiger partial charge in [-0.25, -0.2) is 0 Å². The van der Waals surface area contributed by atoms with E-state index < -0.39 is 0 Å². The van der Waals surface area contributed by atoms with Gasteiger partial charge in [0.25, 0.3) is 0 Å². The predicted molar refractivity (Wildman–Crippen MR) is 65.9 cm³/mol. The Labute approximate surface area is 92.6 Å². The summed E-state index contributed by atoms with van der Waals surface area (Å²) in [5.74, 6) is 2.54. The molecule has 1 aliphatic heterocycles. The number of nitrogens with two attached hydrogens (primary N) is 1. The summed E-state index contributed by atoms with van der Waals surface area (Å²) in [5, 5.41) is 0. The molecule has 0 radical (unpaired) electrons. The van der Waals surface area contributed by atoms with Crippen LogP contribution in [0.3, 0.4) is 0 Å². The number of likely N-dealkylation sites (tertiary alicyclic amines) is 1. The van der Waals surface area contributed by atoms with Crippen molar-refractivity contribution >= 4 is 11.8 Å². The molecule has 2 nitrogen and oxygen atoms in total. The third-order valence-corrected chi connectivity index (χ3v) is 3.78. The second kappa shape index (κ2) is 7.55. The van der Waals surface area contributed by atoms with Gasteiger partial charge in [0.1, 0.15) is 0 Å². The summed E-state index contributed by atoms with van der Waals surface area (Å²) in [6.45, 7) is 6.07. The maximum absolute atomic E-state index is 5.69. The Morgan fingerprint density at radius 3 is 2.64 bits per heavy atom. The van der Waals surface area contributed by atoms with E-state index in [1.54, 1.807) is 0 Å². The van der Waals surface area contributed by atoms with Crippen molar-refractivity contribution in [1.29, 1.82) is 0 Å². The summed E-state index contributed by atoms with van der Waals surface area (Å²) < 4.78 is 0. The lowest BCUT2D eigenvalue weighted by atomic mass is 10.3. The SMILES string of the molecule is CC(N)CCSCCCN1CCCC1. The van der Waals surface area contributed by atoms with E-state index in [9.17, 15) is 0 Å². The van der Waals surface area contributed by atoms with Gasteiger partial charge in [0.15, 0.2) is 0 Å². The van der Waals surface area contributed by atoms with E-state index in [4.69, 9.17) is 5.73 Å². The van der Waals surface area contributed by atoms with Crippen LogP contribution in [0.5, 0.6) is 0 Å². The Hall–Kier alpha value is 0.270. The van der Waals surface area contributed by atoms with Gasteiger partial charge in [-0.3, -0.25) is 0 Å². The summed E-state index contributed by atoms with van der Waals surface area (Å²) in [5.41, 5.74) is 5.69. The predicted octanol–water partition coefficient (Wildman–Crippen LogP) is 1.94. The largest absolute Gasteiger partial charge is 0.328 e. The van der Waals surface area contributed by atoms with Crippen LogP contribution >= 0.6 is 11.8 Å². The summed E-state index contributed by atoms with van der Waals surface area (Å²) in [6, 6.07) is 0.376. The molecular formula is C11H24N2S. The molecule has 0 aromatic rings. The Morgan fingerprint density at radius 1 is 1.29 bits per heavy atom. The van der Waals surface area contributed by atoms with Crippen molar-refractivity contribution in [3.8, 4) is 0 Å².